The van der Waals surface area contributed by atoms with Gasteiger partial charge < -0.3 is 83.1 Å². The second-order valence-electron chi connectivity index (χ2n) is 32.2. The topological polar surface area (TPSA) is 347 Å². The van der Waals surface area contributed by atoms with Crippen LogP contribution >= 0.6 is 11.6 Å². The van der Waals surface area contributed by atoms with E-state index in [1.54, 1.807) is 98.4 Å². The number of pyridine rings is 2. The minimum Gasteiger partial charge on any atom is -0.488 e. The number of carbonyl (C=O) groups excluding carboxylic acids is 2. The van der Waals surface area contributed by atoms with E-state index >= 15 is 0 Å². The second kappa shape index (κ2) is 41.5. The third-order valence-electron chi connectivity index (χ3n) is 24.0. The Morgan fingerprint density at radius 3 is 1.25 bits per heavy atom. The zero-order valence-corrected chi connectivity index (χ0v) is 70.3. The van der Waals surface area contributed by atoms with E-state index in [-0.39, 0.29) is 60.7 Å². The van der Waals surface area contributed by atoms with Gasteiger partial charge in [-0.25, -0.2) is 39.9 Å². The van der Waals surface area contributed by atoms with Crippen LogP contribution in [-0.4, -0.2) is 230 Å². The SMILES string of the molecule is C1=C(c2cc(OC3CCC(Nc4ncccn4)CC3)c3nccnc3c2)CCOC1.O=C(NC1CCC(Oc2cc(N3CCOCC3)cc3nccnc23)CC1)c1cccc(CO)n1.O=C(NC1CCC(Oc2cc(N3CCOCC3)cc3nccnc23)CC1)c1cccc(Cl)n1.c1cnc2c(OC3CCC4(CC3)OCCO4)cc(N3CCOCC3)cc2n1. The van der Waals surface area contributed by atoms with Crippen molar-refractivity contribution in [3.05, 3.63) is 187 Å². The number of benzene rings is 4. The second-order valence-corrected chi connectivity index (χ2v) is 32.6. The fraction of sp³-hybridized carbons (Fsp3) is 0.457. The molecule has 4 aromatic carbocycles. The number of hydrogen-bond acceptors (Lipinski definition) is 29. The minimum absolute atomic E-state index is 0.0501. The number of morpholine rings is 3. The van der Waals surface area contributed by atoms with Crippen molar-refractivity contribution in [1.29, 1.82) is 0 Å². The summed E-state index contributed by atoms with van der Waals surface area (Å²) in [4.78, 5) is 84.9. The molecule has 20 rings (SSSR count). The van der Waals surface area contributed by atoms with E-state index < -0.39 is 0 Å². The number of carbonyl (C=O) groups is 2. The van der Waals surface area contributed by atoms with Crippen LogP contribution in [0.2, 0.25) is 5.15 Å². The van der Waals surface area contributed by atoms with Gasteiger partial charge in [0, 0.05) is 167 Å². The first-order chi connectivity index (χ1) is 61.0. The number of hydrogen-bond donors (Lipinski definition) is 4. The highest BCUT2D eigenvalue weighted by atomic mass is 35.5. The third kappa shape index (κ3) is 22.1. The first kappa shape index (κ1) is 84.9. The third-order valence-corrected chi connectivity index (χ3v) is 24.2. The van der Waals surface area contributed by atoms with Crippen molar-refractivity contribution in [2.75, 3.05) is 125 Å². The average Bonchev–Trinajstić information content (AvgIpc) is 0.963. The number of amides is 2. The summed E-state index contributed by atoms with van der Waals surface area (Å²) in [5.41, 5.74) is 13.4. The molecule has 0 unspecified atom stereocenters. The summed E-state index contributed by atoms with van der Waals surface area (Å²) in [5.74, 6) is 3.09. The highest BCUT2D eigenvalue weighted by Crippen LogP contribution is 2.41. The molecule has 7 aromatic heterocycles. The molecule has 4 N–H and O–H groups in total. The predicted molar refractivity (Wildman–Crippen MR) is 468 cm³/mol. The zero-order chi connectivity index (χ0) is 84.2. The molecule has 648 valence electrons. The Labute approximate surface area is 724 Å². The van der Waals surface area contributed by atoms with Crippen molar-refractivity contribution in [3.8, 4) is 23.0 Å². The number of aliphatic hydroxyl groups is 1. The summed E-state index contributed by atoms with van der Waals surface area (Å²) < 4.78 is 59.4. The van der Waals surface area contributed by atoms with Crippen molar-refractivity contribution in [2.45, 2.75) is 164 Å². The molecule has 32 heteroatoms. The number of halogens is 1. The number of anilines is 4. The Balaban J connectivity index is 0.000000117. The van der Waals surface area contributed by atoms with Gasteiger partial charge in [-0.15, -0.1) is 0 Å². The lowest BCUT2D eigenvalue weighted by Crippen LogP contribution is -2.40. The van der Waals surface area contributed by atoms with Gasteiger partial charge in [0.05, 0.1) is 125 Å². The van der Waals surface area contributed by atoms with Gasteiger partial charge in [-0.05, 0) is 168 Å². The number of aromatic nitrogens is 12. The molecular weight excluding hydrogens is 1600 g/mol. The molecule has 8 fully saturated rings. The maximum absolute atomic E-state index is 12.6. The van der Waals surface area contributed by atoms with Crippen LogP contribution in [0.25, 0.3) is 49.7 Å². The molecule has 1 spiro atoms. The summed E-state index contributed by atoms with van der Waals surface area (Å²) >= 11 is 5.90. The van der Waals surface area contributed by atoms with Gasteiger partial charge in [0.15, 0.2) is 5.79 Å². The average molecular weight is 1710 g/mol. The van der Waals surface area contributed by atoms with E-state index in [4.69, 9.17) is 59.0 Å². The Bertz CT molecular complexity index is 5420. The largest absolute Gasteiger partial charge is 0.488 e. The molecule has 31 nitrogen and oxygen atoms in total. The molecular formula is C92H105ClN18O13. The number of aliphatic hydroxyl groups excluding tert-OH is 1. The summed E-state index contributed by atoms with van der Waals surface area (Å²) in [5, 5.41) is 19.1. The Morgan fingerprint density at radius 2 is 0.823 bits per heavy atom. The van der Waals surface area contributed by atoms with Gasteiger partial charge in [0.1, 0.15) is 61.6 Å². The standard InChI is InChI=1S/C25H29N5O4.C24H26ClN5O3.C23H25N5O2.C20H25N3O4/c31-16-18-2-1-3-21(28-18)25(32)29-17-4-6-20(7-5-17)34-23-15-19(30-10-12-33-13-11-30)14-22-24(23)27-9-8-26-22;25-22-3-1-2-19(29-22)24(31)28-16-4-6-18(7-5-16)33-21-15-17(30-10-12-32-13-11-30)14-20-23(21)27-9-8-26-20;1-8-26-23(27-9-1)28-18-2-4-19(5-3-18)30-21-15-17(16-6-12-29-13-7-16)14-20-22(21)25-11-10-24-20;1-3-20(25-11-12-26-20)4-2-16(1)27-18-14-15(23-7-9-24-10-8-23)13-17-19(18)22-6-5-21-17/h1-3,8-9,14-15,17,20,31H,4-7,10-13,16H2,(H,29,32);1-3,8-9,14-16,18H,4-7,10-13H2,(H,28,31);1,6,8-11,14-15,18-19H,2-5,7,12-13H2,(H,26,27,28);5-6,13-14,16H,1-4,7-12H2. The summed E-state index contributed by atoms with van der Waals surface area (Å²) in [6.45, 7) is 12.1. The lowest BCUT2D eigenvalue weighted by molar-refractivity contribution is -0.185. The van der Waals surface area contributed by atoms with E-state index in [0.717, 1.165) is 271 Å². The van der Waals surface area contributed by atoms with Crippen LogP contribution < -0.4 is 49.6 Å². The maximum Gasteiger partial charge on any atom is 0.270 e. The zero-order valence-electron chi connectivity index (χ0n) is 69.5. The number of ether oxygens (including phenoxy) is 10. The summed E-state index contributed by atoms with van der Waals surface area (Å²) in [6, 6.07) is 29.2. The monoisotopic (exact) mass is 1700 g/mol. The van der Waals surface area contributed by atoms with Crippen LogP contribution in [0, 0.1) is 0 Å². The molecule has 0 atom stereocenters. The van der Waals surface area contributed by atoms with Crippen molar-refractivity contribution in [2.24, 2.45) is 0 Å². The van der Waals surface area contributed by atoms with Gasteiger partial charge in [0.25, 0.3) is 11.8 Å². The van der Waals surface area contributed by atoms with Crippen molar-refractivity contribution in [3.63, 3.8) is 0 Å². The van der Waals surface area contributed by atoms with E-state index in [1.165, 1.54) is 5.57 Å². The van der Waals surface area contributed by atoms with Crippen LogP contribution in [-0.2, 0) is 35.0 Å². The molecule has 4 saturated heterocycles. The number of fused-ring (bicyclic) bond motifs is 4. The van der Waals surface area contributed by atoms with Gasteiger partial charge in [-0.3, -0.25) is 29.5 Å². The molecule has 124 heavy (non-hydrogen) atoms. The van der Waals surface area contributed by atoms with Gasteiger partial charge in [0.2, 0.25) is 5.95 Å². The molecule has 11 aromatic rings. The molecule has 4 saturated carbocycles. The van der Waals surface area contributed by atoms with Gasteiger partial charge in [-0.2, -0.15) is 0 Å². The van der Waals surface area contributed by atoms with Crippen LogP contribution in [0.4, 0.5) is 23.0 Å². The quantitative estimate of drug-likeness (QED) is 0.0546. The van der Waals surface area contributed by atoms with Crippen LogP contribution in [0.3, 0.4) is 0 Å². The molecule has 4 aliphatic carbocycles. The maximum atomic E-state index is 12.6. The van der Waals surface area contributed by atoms with Crippen molar-refractivity contribution >= 4 is 96.1 Å². The Kier molecular flexibility index (Phi) is 28.4. The van der Waals surface area contributed by atoms with E-state index in [9.17, 15) is 14.7 Å². The lowest BCUT2D eigenvalue weighted by atomic mass is 9.92. The van der Waals surface area contributed by atoms with E-state index in [0.29, 0.717) is 67.3 Å². The van der Waals surface area contributed by atoms with Crippen LogP contribution in [0.15, 0.2) is 159 Å². The number of nitrogens with zero attached hydrogens (tertiary/aromatic N) is 15. The van der Waals surface area contributed by atoms with E-state index in [1.807, 2.05) is 6.07 Å². The minimum atomic E-state index is -0.364. The van der Waals surface area contributed by atoms with E-state index in [2.05, 4.69) is 145 Å². The highest BCUT2D eigenvalue weighted by Gasteiger charge is 2.41. The predicted octanol–water partition coefficient (Wildman–Crippen LogP) is 12.7. The fourth-order valence-electron chi connectivity index (χ4n) is 17.4. The van der Waals surface area contributed by atoms with Crippen LogP contribution in [0.5, 0.6) is 23.0 Å². The number of nitrogens with one attached hydrogen (secondary N) is 3. The molecule has 0 bridgehead atoms. The number of rotatable bonds is 19. The molecule has 0 radical (unpaired) electrons. The van der Waals surface area contributed by atoms with Crippen molar-refractivity contribution in [1.82, 2.24) is 70.4 Å². The summed E-state index contributed by atoms with van der Waals surface area (Å²) in [6.07, 6.45) is 35.0. The molecule has 12 heterocycles. The smallest absolute Gasteiger partial charge is 0.270 e. The molecule has 2 amide bonds. The first-order valence-corrected chi connectivity index (χ1v) is 43.9. The summed E-state index contributed by atoms with van der Waals surface area (Å²) in [7, 11) is 0. The Morgan fingerprint density at radius 1 is 0.419 bits per heavy atom. The Hall–Kier alpha value is -11.3. The van der Waals surface area contributed by atoms with Gasteiger partial charge >= 0.3 is 0 Å². The van der Waals surface area contributed by atoms with Crippen molar-refractivity contribution < 1.29 is 62.1 Å². The highest BCUT2D eigenvalue weighted by molar-refractivity contribution is 6.29. The molecule has 5 aliphatic heterocycles. The normalized spacial score (nSPS) is 21.6. The molecule has 9 aliphatic rings. The van der Waals surface area contributed by atoms with Crippen LogP contribution in [0.1, 0.15) is 141 Å². The fourth-order valence-corrected chi connectivity index (χ4v) is 17.6. The van der Waals surface area contributed by atoms with Gasteiger partial charge in [-0.1, -0.05) is 29.8 Å². The lowest BCUT2D eigenvalue weighted by Gasteiger charge is -2.35. The first-order valence-electron chi connectivity index (χ1n) is 43.5.